The van der Waals surface area contributed by atoms with E-state index in [2.05, 4.69) is 62.4 Å². The fraction of sp³-hybridized carbons (Fsp3) is 0.154. The van der Waals surface area contributed by atoms with Gasteiger partial charge in [-0.3, -0.25) is 0 Å². The molecule has 2 nitrogen and oxygen atoms in total. The number of aryl methyl sites for hydroxylation is 1. The first kappa shape index (κ1) is 28.8. The van der Waals surface area contributed by atoms with Crippen LogP contribution in [0, 0.1) is 5.82 Å². The van der Waals surface area contributed by atoms with Crippen LogP contribution >= 0.6 is 0 Å². The van der Waals surface area contributed by atoms with Gasteiger partial charge in [0.05, 0.1) is 5.56 Å². The van der Waals surface area contributed by atoms with E-state index in [1.165, 1.54) is 16.7 Å². The van der Waals surface area contributed by atoms with Crippen LogP contribution in [0.5, 0.6) is 5.75 Å². The van der Waals surface area contributed by atoms with E-state index in [4.69, 9.17) is 4.74 Å². The zero-order valence-corrected chi connectivity index (χ0v) is 24.1. The van der Waals surface area contributed by atoms with E-state index in [1.807, 2.05) is 54.6 Å². The Hall–Kier alpha value is -4.76. The van der Waals surface area contributed by atoms with E-state index >= 15 is 4.39 Å². The van der Waals surface area contributed by atoms with E-state index < -0.39 is 5.97 Å². The Bertz CT molecular complexity index is 1630. The summed E-state index contributed by atoms with van der Waals surface area (Å²) in [6.45, 7) is 4.37. The molecule has 42 heavy (non-hydrogen) atoms. The monoisotopic (exact) mass is 554 g/mol. The second-order valence-electron chi connectivity index (χ2n) is 10.7. The van der Waals surface area contributed by atoms with Crippen molar-refractivity contribution >= 4 is 18.1 Å². The Labute approximate surface area is 248 Å². The number of rotatable bonds is 10. The maximum Gasteiger partial charge on any atom is 0.343 e. The van der Waals surface area contributed by atoms with Crippen LogP contribution in [-0.4, -0.2) is 5.97 Å². The van der Waals surface area contributed by atoms with E-state index in [-0.39, 0.29) is 5.82 Å². The molecule has 5 aromatic carbocycles. The van der Waals surface area contributed by atoms with E-state index in [9.17, 15) is 4.79 Å². The van der Waals surface area contributed by atoms with Gasteiger partial charge in [-0.2, -0.15) is 0 Å². The first-order valence-electron chi connectivity index (χ1n) is 14.5. The molecule has 0 saturated heterocycles. The number of ether oxygens (including phenoxy) is 1. The highest BCUT2D eigenvalue weighted by atomic mass is 19.1. The molecule has 0 aliphatic rings. The van der Waals surface area contributed by atoms with Crippen molar-refractivity contribution in [2.45, 2.75) is 39.0 Å². The lowest BCUT2D eigenvalue weighted by atomic mass is 9.93. The molecule has 0 fully saturated rings. The molecule has 0 bridgehead atoms. The Morgan fingerprint density at radius 2 is 1.43 bits per heavy atom. The third-order valence-corrected chi connectivity index (χ3v) is 7.47. The van der Waals surface area contributed by atoms with Gasteiger partial charge in [-0.25, -0.2) is 9.18 Å². The van der Waals surface area contributed by atoms with Gasteiger partial charge in [0.15, 0.2) is 0 Å². The first-order valence-corrected chi connectivity index (χ1v) is 14.5. The molecular formula is C39H35FO2. The molecule has 0 aliphatic carbocycles. The van der Waals surface area contributed by atoms with E-state index in [0.29, 0.717) is 22.8 Å². The molecule has 1 atom stereocenters. The lowest BCUT2D eigenvalue weighted by Gasteiger charge is -2.12. The van der Waals surface area contributed by atoms with Crippen LogP contribution in [0.15, 0.2) is 121 Å². The molecule has 0 unspecified atom stereocenters. The highest BCUT2D eigenvalue weighted by Gasteiger charge is 2.10. The molecule has 5 aromatic rings. The van der Waals surface area contributed by atoms with E-state index in [0.717, 1.165) is 36.0 Å². The number of hydrogen-bond acceptors (Lipinski definition) is 2. The number of carbonyl (C=O) groups excluding carboxylic acids is 1. The summed E-state index contributed by atoms with van der Waals surface area (Å²) in [5, 5.41) is 0. The van der Waals surface area contributed by atoms with E-state index in [1.54, 1.807) is 30.3 Å². The largest absolute Gasteiger partial charge is 0.423 e. The topological polar surface area (TPSA) is 26.3 Å². The van der Waals surface area contributed by atoms with Crippen molar-refractivity contribution in [2.24, 2.45) is 0 Å². The van der Waals surface area contributed by atoms with Crippen molar-refractivity contribution in [1.29, 1.82) is 0 Å². The van der Waals surface area contributed by atoms with Gasteiger partial charge in [0.1, 0.15) is 11.6 Å². The molecule has 3 heteroatoms. The minimum Gasteiger partial charge on any atom is -0.423 e. The summed E-state index contributed by atoms with van der Waals surface area (Å²) < 4.78 is 20.5. The van der Waals surface area contributed by atoms with Crippen LogP contribution in [0.25, 0.3) is 23.3 Å². The number of carbonyl (C=O) groups is 1. The second-order valence-corrected chi connectivity index (χ2v) is 10.7. The van der Waals surface area contributed by atoms with Crippen molar-refractivity contribution in [2.75, 3.05) is 0 Å². The van der Waals surface area contributed by atoms with Gasteiger partial charge in [0.2, 0.25) is 0 Å². The highest BCUT2D eigenvalue weighted by Crippen LogP contribution is 2.26. The fourth-order valence-electron chi connectivity index (χ4n) is 5.02. The molecule has 0 heterocycles. The van der Waals surface area contributed by atoms with Gasteiger partial charge in [0, 0.05) is 5.56 Å². The molecule has 5 rings (SSSR count). The predicted octanol–water partition coefficient (Wildman–Crippen LogP) is 10.2. The van der Waals surface area contributed by atoms with Gasteiger partial charge in [-0.15, -0.1) is 0 Å². The molecule has 0 N–H and O–H groups in total. The van der Waals surface area contributed by atoms with Crippen LogP contribution in [-0.2, 0) is 12.8 Å². The molecule has 0 aromatic heterocycles. The average molecular weight is 555 g/mol. The van der Waals surface area contributed by atoms with Crippen molar-refractivity contribution < 1.29 is 13.9 Å². The summed E-state index contributed by atoms with van der Waals surface area (Å²) >= 11 is 0. The Kier molecular flexibility index (Phi) is 9.41. The SMILES string of the molecule is CCCc1ccc(OC(=O)c2ccc(C=Cc3ccc(-c4ccc(C[C@H](C)c5ccccc5)cc4)cc3F)cc2)cc1. The number of benzene rings is 5. The van der Waals surface area contributed by atoms with Gasteiger partial charge in [-0.05, 0) is 82.5 Å². The van der Waals surface area contributed by atoms with Crippen LogP contribution < -0.4 is 4.74 Å². The summed E-state index contributed by atoms with van der Waals surface area (Å²) in [5.74, 6) is 0.264. The molecule has 0 amide bonds. The second kappa shape index (κ2) is 13.7. The van der Waals surface area contributed by atoms with Crippen LogP contribution in [0.2, 0.25) is 0 Å². The highest BCUT2D eigenvalue weighted by molar-refractivity contribution is 5.91. The minimum absolute atomic E-state index is 0.282. The third kappa shape index (κ3) is 7.50. The summed E-state index contributed by atoms with van der Waals surface area (Å²) in [6.07, 6.45) is 6.61. The zero-order chi connectivity index (χ0) is 29.3. The summed E-state index contributed by atoms with van der Waals surface area (Å²) in [4.78, 5) is 12.5. The maximum absolute atomic E-state index is 15.0. The number of hydrogen-bond donors (Lipinski definition) is 0. The van der Waals surface area contributed by atoms with Crippen LogP contribution in [0.3, 0.4) is 0 Å². The smallest absolute Gasteiger partial charge is 0.343 e. The normalized spacial score (nSPS) is 11.9. The minimum atomic E-state index is -0.408. The summed E-state index contributed by atoms with van der Waals surface area (Å²) in [6, 6.07) is 38.9. The van der Waals surface area contributed by atoms with Gasteiger partial charge < -0.3 is 4.74 Å². The van der Waals surface area contributed by atoms with Gasteiger partial charge >= 0.3 is 5.97 Å². The lowest BCUT2D eigenvalue weighted by Crippen LogP contribution is -2.08. The quantitative estimate of drug-likeness (QED) is 0.0975. The van der Waals surface area contributed by atoms with Crippen LogP contribution in [0.1, 0.15) is 64.4 Å². The third-order valence-electron chi connectivity index (χ3n) is 7.47. The number of esters is 1. The first-order chi connectivity index (χ1) is 20.5. The van der Waals surface area contributed by atoms with Crippen molar-refractivity contribution in [1.82, 2.24) is 0 Å². The summed E-state index contributed by atoms with van der Waals surface area (Å²) in [7, 11) is 0. The van der Waals surface area contributed by atoms with Gasteiger partial charge in [0.25, 0.3) is 0 Å². The average Bonchev–Trinajstić information content (AvgIpc) is 3.02. The standard InChI is InChI=1S/C39H35FO2/c1-3-7-29-15-24-37(25-16-29)42-39(41)35-20-11-30(12-21-35)10-19-34-22-23-36(27-38(34)40)33-17-13-31(14-18-33)26-28(2)32-8-5-4-6-9-32/h4-6,8-25,27-28H,3,7,26H2,1-2H3/t28-/m0/s1. The Morgan fingerprint density at radius 3 is 2.10 bits per heavy atom. The Morgan fingerprint density at radius 1 is 0.762 bits per heavy atom. The molecule has 0 spiro atoms. The molecule has 0 saturated carbocycles. The molecular weight excluding hydrogens is 519 g/mol. The summed E-state index contributed by atoms with van der Waals surface area (Å²) in [5.41, 5.74) is 7.46. The molecule has 0 radical (unpaired) electrons. The molecule has 0 aliphatic heterocycles. The van der Waals surface area contributed by atoms with Gasteiger partial charge in [-0.1, -0.05) is 123 Å². The predicted molar refractivity (Wildman–Crippen MR) is 171 cm³/mol. The molecule has 210 valence electrons. The van der Waals surface area contributed by atoms with Crippen molar-refractivity contribution in [3.63, 3.8) is 0 Å². The number of halogens is 1. The van der Waals surface area contributed by atoms with Crippen molar-refractivity contribution in [3.8, 4) is 16.9 Å². The van der Waals surface area contributed by atoms with Crippen LogP contribution in [0.4, 0.5) is 4.39 Å². The van der Waals surface area contributed by atoms with Crippen molar-refractivity contribution in [3.05, 3.63) is 161 Å². The fourth-order valence-corrected chi connectivity index (χ4v) is 5.02. The maximum atomic E-state index is 15.0. The lowest BCUT2D eigenvalue weighted by molar-refractivity contribution is 0.0734. The zero-order valence-electron chi connectivity index (χ0n) is 24.1. The Balaban J connectivity index is 1.18.